The summed E-state index contributed by atoms with van der Waals surface area (Å²) < 4.78 is 40.2. The molecule has 4 aliphatic rings. The molecule has 0 radical (unpaired) electrons. The lowest BCUT2D eigenvalue weighted by Crippen LogP contribution is -2.55. The topological polar surface area (TPSA) is 50.2 Å². The summed E-state index contributed by atoms with van der Waals surface area (Å²) in [5, 5.41) is 13.1. The maximum absolute atomic E-state index is 13.4. The first-order valence-corrected chi connectivity index (χ1v) is 12.7. The van der Waals surface area contributed by atoms with E-state index in [9.17, 15) is 23.1 Å². The van der Waals surface area contributed by atoms with Crippen LogP contribution >= 0.6 is 11.3 Å². The van der Waals surface area contributed by atoms with E-state index in [0.717, 1.165) is 43.5 Å². The number of fused-ring (bicyclic) bond motifs is 5. The molecular formula is C24H32F3NO2S. The van der Waals surface area contributed by atoms with Crippen molar-refractivity contribution in [3.05, 3.63) is 16.6 Å². The second kappa shape index (κ2) is 7.54. The minimum atomic E-state index is -4.53. The van der Waals surface area contributed by atoms with Gasteiger partial charge in [0.1, 0.15) is 5.78 Å². The fourth-order valence-electron chi connectivity index (χ4n) is 8.28. The van der Waals surface area contributed by atoms with Crippen molar-refractivity contribution >= 4 is 17.1 Å². The maximum Gasteiger partial charge on any atom is 0.417 e. The number of carbonyl (C=O) groups excluding carboxylic acids is 1. The van der Waals surface area contributed by atoms with Crippen molar-refractivity contribution in [3.63, 3.8) is 0 Å². The van der Waals surface area contributed by atoms with E-state index in [2.05, 4.69) is 11.9 Å². The third kappa shape index (κ3) is 3.49. The lowest BCUT2D eigenvalue weighted by molar-refractivity contribution is -0.282. The Morgan fingerprint density at radius 1 is 1.13 bits per heavy atom. The fraction of sp³-hybridized carbons (Fsp3) is 0.833. The van der Waals surface area contributed by atoms with Gasteiger partial charge in [-0.05, 0) is 92.8 Å². The Morgan fingerprint density at radius 2 is 1.90 bits per heavy atom. The van der Waals surface area contributed by atoms with E-state index in [1.165, 1.54) is 11.3 Å². The minimum absolute atomic E-state index is 0.0176. The van der Waals surface area contributed by atoms with Gasteiger partial charge in [0.05, 0.1) is 11.4 Å². The molecule has 0 aliphatic heterocycles. The van der Waals surface area contributed by atoms with Gasteiger partial charge in [0.25, 0.3) is 0 Å². The van der Waals surface area contributed by atoms with Crippen LogP contribution in [0.1, 0.15) is 69.7 Å². The van der Waals surface area contributed by atoms with Gasteiger partial charge in [0, 0.05) is 17.5 Å². The summed E-state index contributed by atoms with van der Waals surface area (Å²) in [5.41, 5.74) is -2.48. The number of aromatic nitrogens is 1. The highest BCUT2D eigenvalue weighted by atomic mass is 32.1. The van der Waals surface area contributed by atoms with Crippen LogP contribution in [0.2, 0.25) is 0 Å². The van der Waals surface area contributed by atoms with Gasteiger partial charge in [0.15, 0.2) is 5.60 Å². The highest BCUT2D eigenvalue weighted by molar-refractivity contribution is 7.09. The van der Waals surface area contributed by atoms with E-state index in [-0.39, 0.29) is 30.1 Å². The van der Waals surface area contributed by atoms with E-state index in [0.29, 0.717) is 42.3 Å². The zero-order chi connectivity index (χ0) is 22.0. The minimum Gasteiger partial charge on any atom is -0.380 e. The van der Waals surface area contributed by atoms with Crippen LogP contribution in [0.15, 0.2) is 11.6 Å². The molecule has 5 rings (SSSR count). The molecular weight excluding hydrogens is 423 g/mol. The summed E-state index contributed by atoms with van der Waals surface area (Å²) in [7, 11) is 0. The number of ketones is 1. The number of alkyl halides is 3. The van der Waals surface area contributed by atoms with Gasteiger partial charge in [-0.3, -0.25) is 4.79 Å². The average Bonchev–Trinajstić information content (AvgIpc) is 3.33. The third-order valence-electron chi connectivity index (χ3n) is 9.74. The van der Waals surface area contributed by atoms with Crippen molar-refractivity contribution in [3.8, 4) is 0 Å². The van der Waals surface area contributed by atoms with Gasteiger partial charge in [0.2, 0.25) is 0 Å². The van der Waals surface area contributed by atoms with Crippen molar-refractivity contribution in [2.24, 2.45) is 40.9 Å². The van der Waals surface area contributed by atoms with Crippen molar-refractivity contribution in [2.75, 3.05) is 0 Å². The predicted molar refractivity (Wildman–Crippen MR) is 112 cm³/mol. The monoisotopic (exact) mass is 455 g/mol. The molecule has 4 aliphatic carbocycles. The maximum atomic E-state index is 13.4. The van der Waals surface area contributed by atoms with Crippen molar-refractivity contribution in [2.45, 2.75) is 82.9 Å². The van der Waals surface area contributed by atoms with Crippen LogP contribution in [-0.2, 0) is 11.2 Å². The molecule has 0 saturated heterocycles. The van der Waals surface area contributed by atoms with E-state index in [1.54, 1.807) is 6.20 Å². The molecule has 0 spiro atoms. The highest BCUT2D eigenvalue weighted by Gasteiger charge is 2.62. The molecule has 31 heavy (non-hydrogen) atoms. The first-order valence-electron chi connectivity index (χ1n) is 11.8. The number of nitrogens with zero attached hydrogens (tertiary/aromatic N) is 1. The SMILES string of the molecule is C[C@]12CC[C@H]3[C@@H](CC[C@H]4C[C@@](O)(C(F)(F)F)CC[C@@H]43)[C@@H]1CC[C@@H]2C(=O)Cc1nccs1. The molecule has 1 aromatic rings. The Hall–Kier alpha value is -0.950. The van der Waals surface area contributed by atoms with Crippen LogP contribution in [0.3, 0.4) is 0 Å². The molecule has 8 atom stereocenters. The molecule has 3 nitrogen and oxygen atoms in total. The summed E-state index contributed by atoms with van der Waals surface area (Å²) in [5.74, 6) is 2.17. The Balaban J connectivity index is 1.30. The van der Waals surface area contributed by atoms with Crippen LogP contribution in [0, 0.1) is 40.9 Å². The molecule has 4 fully saturated rings. The number of aliphatic hydroxyl groups is 1. The molecule has 1 aromatic heterocycles. The lowest BCUT2D eigenvalue weighted by Gasteiger charge is -2.57. The summed E-state index contributed by atoms with van der Waals surface area (Å²) in [4.78, 5) is 17.4. The molecule has 7 heteroatoms. The Morgan fingerprint density at radius 3 is 2.61 bits per heavy atom. The highest BCUT2D eigenvalue weighted by Crippen LogP contribution is 2.65. The summed E-state index contributed by atoms with van der Waals surface area (Å²) in [6.45, 7) is 2.31. The quantitative estimate of drug-likeness (QED) is 0.625. The number of rotatable bonds is 3. The normalized spacial score (nSPS) is 44.9. The molecule has 172 valence electrons. The van der Waals surface area contributed by atoms with E-state index < -0.39 is 11.8 Å². The Labute approximate surface area is 185 Å². The van der Waals surface area contributed by atoms with Crippen LogP contribution in [0.25, 0.3) is 0 Å². The zero-order valence-corrected chi connectivity index (χ0v) is 18.9. The molecule has 1 heterocycles. The Kier molecular flexibility index (Phi) is 5.32. The van der Waals surface area contributed by atoms with Crippen molar-refractivity contribution < 1.29 is 23.1 Å². The molecule has 0 amide bonds. The number of hydrogen-bond acceptors (Lipinski definition) is 4. The first-order chi connectivity index (χ1) is 14.6. The van der Waals surface area contributed by atoms with Crippen LogP contribution in [-0.4, -0.2) is 27.7 Å². The van der Waals surface area contributed by atoms with Gasteiger partial charge in [-0.1, -0.05) is 6.92 Å². The average molecular weight is 456 g/mol. The number of hydrogen-bond donors (Lipinski definition) is 1. The zero-order valence-electron chi connectivity index (χ0n) is 18.0. The van der Waals surface area contributed by atoms with Crippen molar-refractivity contribution in [1.29, 1.82) is 0 Å². The second-order valence-electron chi connectivity index (χ2n) is 11.0. The van der Waals surface area contributed by atoms with Gasteiger partial charge < -0.3 is 5.11 Å². The third-order valence-corrected chi connectivity index (χ3v) is 10.5. The number of carbonyl (C=O) groups is 1. The van der Waals surface area contributed by atoms with Gasteiger partial charge in [-0.25, -0.2) is 4.98 Å². The lowest BCUT2D eigenvalue weighted by atomic mass is 9.48. The molecule has 0 aromatic carbocycles. The largest absolute Gasteiger partial charge is 0.417 e. The van der Waals surface area contributed by atoms with Gasteiger partial charge >= 0.3 is 6.18 Å². The fourth-order valence-corrected chi connectivity index (χ4v) is 8.90. The number of halogens is 3. The Bertz CT molecular complexity index is 827. The van der Waals surface area contributed by atoms with Gasteiger partial charge in [-0.2, -0.15) is 13.2 Å². The van der Waals surface area contributed by atoms with E-state index in [1.807, 2.05) is 5.38 Å². The van der Waals surface area contributed by atoms with E-state index in [4.69, 9.17) is 0 Å². The first kappa shape index (κ1) is 21.9. The second-order valence-corrected chi connectivity index (χ2v) is 11.9. The van der Waals surface area contributed by atoms with Crippen LogP contribution in [0.5, 0.6) is 0 Å². The predicted octanol–water partition coefficient (Wildman–Crippen LogP) is 5.82. The smallest absolute Gasteiger partial charge is 0.380 e. The number of thiazole rings is 1. The standard InChI is InChI=1S/C24H32F3NO2S/c1-22-8-6-16-15-7-9-23(30,24(25,26)27)13-14(15)2-3-17(16)18(22)4-5-19(22)20(29)12-21-28-10-11-31-21/h10-11,14-19,30H,2-9,12-13H2,1H3/t14-,15-,16+,17+,18-,19+,22-,23+/m0/s1. The van der Waals surface area contributed by atoms with Crippen molar-refractivity contribution in [1.82, 2.24) is 4.98 Å². The summed E-state index contributed by atoms with van der Waals surface area (Å²) >= 11 is 1.54. The number of Topliss-reactive ketones (excluding diaryl/α,β-unsaturated/α-hetero) is 1. The molecule has 0 bridgehead atoms. The summed E-state index contributed by atoms with van der Waals surface area (Å²) in [6.07, 6.45) is 3.62. The van der Waals surface area contributed by atoms with Crippen LogP contribution < -0.4 is 0 Å². The van der Waals surface area contributed by atoms with Crippen LogP contribution in [0.4, 0.5) is 13.2 Å². The van der Waals surface area contributed by atoms with Gasteiger partial charge in [-0.15, -0.1) is 11.3 Å². The molecule has 4 saturated carbocycles. The van der Waals surface area contributed by atoms with E-state index >= 15 is 0 Å². The molecule has 0 unspecified atom stereocenters. The molecule has 1 N–H and O–H groups in total. The summed E-state index contributed by atoms with van der Waals surface area (Å²) in [6, 6.07) is 0.